The average molecular weight is 493 g/mol. The molecule has 0 spiro atoms. The summed E-state index contributed by atoms with van der Waals surface area (Å²) in [6, 6.07) is 21.9. The monoisotopic (exact) mass is 492 g/mol. The van der Waals surface area contributed by atoms with Crippen molar-refractivity contribution in [3.05, 3.63) is 87.9 Å². The van der Waals surface area contributed by atoms with Crippen LogP contribution in [0, 0.1) is 11.3 Å². The molecule has 3 aromatic rings. The van der Waals surface area contributed by atoms with Gasteiger partial charge in [-0.3, -0.25) is 4.79 Å². The molecular formula is C25H21BrN2O4. The van der Waals surface area contributed by atoms with E-state index in [-0.39, 0.29) is 5.57 Å². The number of nitrogens with zero attached hydrogens (tertiary/aromatic N) is 1. The zero-order valence-corrected chi connectivity index (χ0v) is 19.2. The first kappa shape index (κ1) is 22.9. The van der Waals surface area contributed by atoms with E-state index < -0.39 is 5.91 Å². The van der Waals surface area contributed by atoms with Crippen LogP contribution < -0.4 is 19.5 Å². The highest BCUT2D eigenvalue weighted by atomic mass is 79.9. The van der Waals surface area contributed by atoms with Gasteiger partial charge in [-0.25, -0.2) is 0 Å². The molecule has 0 unspecified atom stereocenters. The van der Waals surface area contributed by atoms with Gasteiger partial charge in [-0.15, -0.1) is 0 Å². The zero-order valence-electron chi connectivity index (χ0n) is 17.6. The number of nitrogens with one attached hydrogen (secondary N) is 1. The lowest BCUT2D eigenvalue weighted by Crippen LogP contribution is -2.13. The van der Waals surface area contributed by atoms with Crippen LogP contribution in [0.15, 0.2) is 76.8 Å². The van der Waals surface area contributed by atoms with Crippen molar-refractivity contribution < 1.29 is 19.0 Å². The minimum absolute atomic E-state index is 0.0357. The molecule has 3 aromatic carbocycles. The summed E-state index contributed by atoms with van der Waals surface area (Å²) in [5.74, 6) is 1.23. The van der Waals surface area contributed by atoms with Gasteiger partial charge in [-0.05, 0) is 65.7 Å². The summed E-state index contributed by atoms with van der Waals surface area (Å²) in [5, 5.41) is 12.2. The Morgan fingerprint density at radius 1 is 1.00 bits per heavy atom. The van der Waals surface area contributed by atoms with Crippen LogP contribution in [0.1, 0.15) is 11.1 Å². The van der Waals surface area contributed by atoms with E-state index in [9.17, 15) is 10.1 Å². The van der Waals surface area contributed by atoms with Crippen molar-refractivity contribution in [1.82, 2.24) is 0 Å². The molecule has 32 heavy (non-hydrogen) atoms. The van der Waals surface area contributed by atoms with Crippen LogP contribution in [0.4, 0.5) is 5.69 Å². The molecule has 0 aliphatic heterocycles. The van der Waals surface area contributed by atoms with Gasteiger partial charge in [0.05, 0.1) is 14.2 Å². The first-order chi connectivity index (χ1) is 15.5. The Morgan fingerprint density at radius 2 is 1.72 bits per heavy atom. The molecule has 1 N–H and O–H groups in total. The molecule has 0 aliphatic rings. The number of amides is 1. The van der Waals surface area contributed by atoms with Gasteiger partial charge < -0.3 is 19.5 Å². The number of nitriles is 1. The van der Waals surface area contributed by atoms with Gasteiger partial charge in [-0.2, -0.15) is 5.26 Å². The first-order valence-corrected chi connectivity index (χ1v) is 10.4. The fraction of sp³-hybridized carbons (Fsp3) is 0.120. The maximum Gasteiger partial charge on any atom is 0.266 e. The van der Waals surface area contributed by atoms with E-state index in [1.807, 2.05) is 30.3 Å². The van der Waals surface area contributed by atoms with Gasteiger partial charge in [0, 0.05) is 10.2 Å². The standard InChI is InChI=1S/C25H21BrN2O4/c1-30-22-10-8-21(9-11-22)28-25(29)19(15-27)13-18-5-12-23(24(14-18)31-2)32-16-17-3-6-20(26)7-4-17/h3-14H,16H2,1-2H3,(H,28,29)/b19-13-. The number of benzene rings is 3. The molecule has 0 saturated heterocycles. The van der Waals surface area contributed by atoms with Crippen molar-refractivity contribution in [2.75, 3.05) is 19.5 Å². The summed E-state index contributed by atoms with van der Waals surface area (Å²) in [5.41, 5.74) is 2.18. The van der Waals surface area contributed by atoms with E-state index in [1.165, 1.54) is 13.2 Å². The van der Waals surface area contributed by atoms with Crippen molar-refractivity contribution in [1.29, 1.82) is 5.26 Å². The maximum absolute atomic E-state index is 12.5. The predicted molar refractivity (Wildman–Crippen MR) is 127 cm³/mol. The van der Waals surface area contributed by atoms with Crippen LogP contribution in [0.3, 0.4) is 0 Å². The molecule has 0 radical (unpaired) electrons. The van der Waals surface area contributed by atoms with E-state index in [1.54, 1.807) is 49.6 Å². The van der Waals surface area contributed by atoms with Gasteiger partial charge in [-0.1, -0.05) is 34.1 Å². The van der Waals surface area contributed by atoms with Crippen molar-refractivity contribution in [3.63, 3.8) is 0 Å². The Labute approximate surface area is 195 Å². The van der Waals surface area contributed by atoms with Crippen LogP contribution in [-0.4, -0.2) is 20.1 Å². The third kappa shape index (κ3) is 6.13. The van der Waals surface area contributed by atoms with Crippen molar-refractivity contribution in [2.24, 2.45) is 0 Å². The smallest absolute Gasteiger partial charge is 0.266 e. The zero-order chi connectivity index (χ0) is 22.9. The van der Waals surface area contributed by atoms with Gasteiger partial charge in [0.25, 0.3) is 5.91 Å². The Kier molecular flexibility index (Phi) is 7.90. The van der Waals surface area contributed by atoms with E-state index in [0.29, 0.717) is 35.1 Å². The SMILES string of the molecule is COc1ccc(NC(=O)/C(C#N)=C\c2ccc(OCc3ccc(Br)cc3)c(OC)c2)cc1. The van der Waals surface area contributed by atoms with Crippen molar-refractivity contribution in [3.8, 4) is 23.3 Å². The number of anilines is 1. The van der Waals surface area contributed by atoms with E-state index >= 15 is 0 Å². The lowest BCUT2D eigenvalue weighted by atomic mass is 10.1. The predicted octanol–water partition coefficient (Wildman–Crippen LogP) is 5.59. The fourth-order valence-electron chi connectivity index (χ4n) is 2.82. The molecule has 0 heterocycles. The number of methoxy groups -OCH3 is 2. The molecule has 0 bridgehead atoms. The molecule has 0 aromatic heterocycles. The quantitative estimate of drug-likeness (QED) is 0.327. The third-order valence-corrected chi connectivity index (χ3v) is 5.05. The summed E-state index contributed by atoms with van der Waals surface area (Å²) in [6.45, 7) is 0.381. The lowest BCUT2D eigenvalue weighted by molar-refractivity contribution is -0.112. The molecule has 0 aliphatic carbocycles. The van der Waals surface area contributed by atoms with Gasteiger partial charge in [0.2, 0.25) is 0 Å². The maximum atomic E-state index is 12.5. The molecule has 0 atom stereocenters. The molecule has 3 rings (SSSR count). The topological polar surface area (TPSA) is 80.6 Å². The fourth-order valence-corrected chi connectivity index (χ4v) is 3.09. The van der Waals surface area contributed by atoms with Crippen LogP contribution in [0.5, 0.6) is 17.2 Å². The molecule has 1 amide bonds. The summed E-state index contributed by atoms with van der Waals surface area (Å²) < 4.78 is 17.4. The summed E-state index contributed by atoms with van der Waals surface area (Å²) in [4.78, 5) is 12.5. The van der Waals surface area contributed by atoms with Crippen molar-refractivity contribution >= 4 is 33.6 Å². The van der Waals surface area contributed by atoms with Crippen LogP contribution >= 0.6 is 15.9 Å². The Hall–Kier alpha value is -3.76. The molecular weight excluding hydrogens is 472 g/mol. The van der Waals surface area contributed by atoms with Crippen LogP contribution in [-0.2, 0) is 11.4 Å². The number of ether oxygens (including phenoxy) is 3. The largest absolute Gasteiger partial charge is 0.497 e. The highest BCUT2D eigenvalue weighted by Crippen LogP contribution is 2.30. The van der Waals surface area contributed by atoms with E-state index in [4.69, 9.17) is 14.2 Å². The van der Waals surface area contributed by atoms with Gasteiger partial charge >= 0.3 is 0 Å². The van der Waals surface area contributed by atoms with E-state index in [2.05, 4.69) is 21.2 Å². The van der Waals surface area contributed by atoms with Crippen LogP contribution in [0.25, 0.3) is 6.08 Å². The number of halogens is 1. The van der Waals surface area contributed by atoms with Gasteiger partial charge in [0.15, 0.2) is 11.5 Å². The number of rotatable bonds is 8. The molecule has 7 heteroatoms. The second-order valence-electron chi connectivity index (χ2n) is 6.68. The minimum atomic E-state index is -0.507. The molecule has 6 nitrogen and oxygen atoms in total. The number of carbonyl (C=O) groups is 1. The Morgan fingerprint density at radius 3 is 2.34 bits per heavy atom. The lowest BCUT2D eigenvalue weighted by Gasteiger charge is -2.12. The van der Waals surface area contributed by atoms with E-state index in [0.717, 1.165) is 10.0 Å². The minimum Gasteiger partial charge on any atom is -0.497 e. The average Bonchev–Trinajstić information content (AvgIpc) is 2.82. The van der Waals surface area contributed by atoms with Gasteiger partial charge in [0.1, 0.15) is 24.0 Å². The number of hydrogen-bond donors (Lipinski definition) is 1. The number of hydrogen-bond acceptors (Lipinski definition) is 5. The number of carbonyl (C=O) groups excluding carboxylic acids is 1. The molecule has 0 fully saturated rings. The molecule has 0 saturated carbocycles. The highest BCUT2D eigenvalue weighted by molar-refractivity contribution is 9.10. The normalized spacial score (nSPS) is 10.8. The second kappa shape index (κ2) is 11.0. The summed E-state index contributed by atoms with van der Waals surface area (Å²) >= 11 is 3.41. The Bertz CT molecular complexity index is 1150. The Balaban J connectivity index is 1.72. The summed E-state index contributed by atoms with van der Waals surface area (Å²) in [6.07, 6.45) is 1.50. The highest BCUT2D eigenvalue weighted by Gasteiger charge is 2.11. The van der Waals surface area contributed by atoms with Crippen LogP contribution in [0.2, 0.25) is 0 Å². The first-order valence-electron chi connectivity index (χ1n) is 9.65. The second-order valence-corrected chi connectivity index (χ2v) is 7.59. The third-order valence-electron chi connectivity index (χ3n) is 4.52. The van der Waals surface area contributed by atoms with Crippen molar-refractivity contribution in [2.45, 2.75) is 6.61 Å². The molecule has 162 valence electrons. The summed E-state index contributed by atoms with van der Waals surface area (Å²) in [7, 11) is 3.10.